The number of likely N-dealkylation sites (tertiary alicyclic amines) is 1. The number of halogens is 1. The quantitative estimate of drug-likeness (QED) is 0.874. The van der Waals surface area contributed by atoms with Crippen LogP contribution in [0.4, 0.5) is 0 Å². The average molecular weight is 360 g/mol. The molecule has 0 bridgehead atoms. The third-order valence-corrected chi connectivity index (χ3v) is 5.40. The van der Waals surface area contributed by atoms with Gasteiger partial charge < -0.3 is 10.2 Å². The molecule has 1 aromatic heterocycles. The molecule has 2 heterocycles. The van der Waals surface area contributed by atoms with Gasteiger partial charge in [0.25, 0.3) is 0 Å². The molecule has 1 aliphatic heterocycles. The number of piperidine rings is 1. The smallest absolute Gasteiger partial charge is 0.236 e. The Hall–Kier alpha value is -0.430. The first-order chi connectivity index (χ1) is 9.58. The van der Waals surface area contributed by atoms with Crippen LogP contribution in [-0.4, -0.2) is 55.5 Å². The van der Waals surface area contributed by atoms with E-state index in [1.165, 1.54) is 17.7 Å². The Bertz CT molecular complexity index is 451. The van der Waals surface area contributed by atoms with Crippen molar-refractivity contribution < 1.29 is 4.79 Å². The molecule has 1 aromatic rings. The third-order valence-electron chi connectivity index (χ3n) is 3.71. The van der Waals surface area contributed by atoms with Gasteiger partial charge in [0.15, 0.2) is 0 Å². The van der Waals surface area contributed by atoms with Gasteiger partial charge in [-0.2, -0.15) is 0 Å². The number of amides is 1. The summed E-state index contributed by atoms with van der Waals surface area (Å²) >= 11 is 5.13. The molecular formula is C14H22BrN3OS. The Balaban J connectivity index is 1.81. The Morgan fingerprint density at radius 1 is 1.65 bits per heavy atom. The summed E-state index contributed by atoms with van der Waals surface area (Å²) in [7, 11) is 3.88. The highest BCUT2D eigenvalue weighted by molar-refractivity contribution is 9.10. The predicted molar refractivity (Wildman–Crippen MR) is 87.0 cm³/mol. The summed E-state index contributed by atoms with van der Waals surface area (Å²) in [6.45, 7) is 3.22. The third kappa shape index (κ3) is 4.55. The van der Waals surface area contributed by atoms with E-state index in [0.29, 0.717) is 19.1 Å². The van der Waals surface area contributed by atoms with Crippen molar-refractivity contribution in [3.63, 3.8) is 0 Å². The SMILES string of the molecule is CNC1CCCN(CC(=O)N(C)Cc2cc(Br)cs2)C1. The Labute approximate surface area is 133 Å². The number of likely N-dealkylation sites (N-methyl/N-ethyl adjacent to an activating group) is 2. The maximum Gasteiger partial charge on any atom is 0.236 e. The number of rotatable bonds is 5. The molecule has 1 unspecified atom stereocenters. The summed E-state index contributed by atoms with van der Waals surface area (Å²) < 4.78 is 1.09. The maximum atomic E-state index is 12.3. The number of nitrogens with zero attached hydrogens (tertiary/aromatic N) is 2. The second kappa shape index (κ2) is 7.54. The first-order valence-electron chi connectivity index (χ1n) is 6.95. The van der Waals surface area contributed by atoms with Gasteiger partial charge in [-0.1, -0.05) is 0 Å². The standard InChI is InChI=1S/C14H22BrN3OS/c1-16-12-4-3-5-18(7-12)9-14(19)17(2)8-13-6-11(15)10-20-13/h6,10,12,16H,3-5,7-9H2,1-2H3. The lowest BCUT2D eigenvalue weighted by atomic mass is 10.1. The van der Waals surface area contributed by atoms with E-state index >= 15 is 0 Å². The molecule has 1 aliphatic rings. The molecule has 0 aliphatic carbocycles. The molecule has 1 N–H and O–H groups in total. The second-order valence-corrected chi connectivity index (χ2v) is 7.26. The molecule has 0 spiro atoms. The number of nitrogens with one attached hydrogen (secondary N) is 1. The predicted octanol–water partition coefficient (Wildman–Crippen LogP) is 2.15. The molecule has 2 rings (SSSR count). The first kappa shape index (κ1) is 15.9. The van der Waals surface area contributed by atoms with Crippen LogP contribution in [0.15, 0.2) is 15.9 Å². The van der Waals surface area contributed by atoms with E-state index in [2.05, 4.69) is 37.6 Å². The summed E-state index contributed by atoms with van der Waals surface area (Å²) in [5.74, 6) is 0.200. The van der Waals surface area contributed by atoms with E-state index in [-0.39, 0.29) is 5.91 Å². The molecule has 1 saturated heterocycles. The van der Waals surface area contributed by atoms with Gasteiger partial charge in [-0.15, -0.1) is 11.3 Å². The molecular weight excluding hydrogens is 338 g/mol. The highest BCUT2D eigenvalue weighted by Crippen LogP contribution is 2.21. The van der Waals surface area contributed by atoms with Crippen LogP contribution in [0.2, 0.25) is 0 Å². The highest BCUT2D eigenvalue weighted by atomic mass is 79.9. The van der Waals surface area contributed by atoms with Crippen molar-refractivity contribution in [2.45, 2.75) is 25.4 Å². The summed E-state index contributed by atoms with van der Waals surface area (Å²) in [6, 6.07) is 2.60. The molecule has 112 valence electrons. The lowest BCUT2D eigenvalue weighted by Crippen LogP contribution is -2.48. The van der Waals surface area contributed by atoms with Crippen molar-refractivity contribution in [3.8, 4) is 0 Å². The number of thiophene rings is 1. The van der Waals surface area contributed by atoms with Crippen molar-refractivity contribution in [2.24, 2.45) is 0 Å². The van der Waals surface area contributed by atoms with Gasteiger partial charge >= 0.3 is 0 Å². The fourth-order valence-electron chi connectivity index (χ4n) is 2.51. The monoisotopic (exact) mass is 359 g/mol. The molecule has 1 fully saturated rings. The van der Waals surface area contributed by atoms with Crippen LogP contribution in [0, 0.1) is 0 Å². The fraction of sp³-hybridized carbons (Fsp3) is 0.643. The molecule has 0 saturated carbocycles. The molecule has 0 radical (unpaired) electrons. The molecule has 1 amide bonds. The van der Waals surface area contributed by atoms with Gasteiger partial charge in [-0.05, 0) is 48.4 Å². The summed E-state index contributed by atoms with van der Waals surface area (Å²) in [5, 5.41) is 5.36. The lowest BCUT2D eigenvalue weighted by Gasteiger charge is -2.33. The molecule has 4 nitrogen and oxygen atoms in total. The van der Waals surface area contributed by atoms with Gasteiger partial charge in [0.05, 0.1) is 13.1 Å². The number of hydrogen-bond acceptors (Lipinski definition) is 4. The minimum absolute atomic E-state index is 0.200. The molecule has 6 heteroatoms. The topological polar surface area (TPSA) is 35.6 Å². The minimum Gasteiger partial charge on any atom is -0.340 e. The molecule has 20 heavy (non-hydrogen) atoms. The van der Waals surface area contributed by atoms with Crippen LogP contribution in [0.1, 0.15) is 17.7 Å². The fourth-order valence-corrected chi connectivity index (χ4v) is 4.01. The summed E-state index contributed by atoms with van der Waals surface area (Å²) in [6.07, 6.45) is 2.38. The second-order valence-electron chi connectivity index (χ2n) is 5.34. The van der Waals surface area contributed by atoms with Crippen LogP contribution in [0.3, 0.4) is 0 Å². The van der Waals surface area contributed by atoms with Crippen molar-refractivity contribution in [1.29, 1.82) is 0 Å². The van der Waals surface area contributed by atoms with Crippen LogP contribution in [0.25, 0.3) is 0 Å². The van der Waals surface area contributed by atoms with E-state index in [9.17, 15) is 4.79 Å². The van der Waals surface area contributed by atoms with E-state index < -0.39 is 0 Å². The van der Waals surface area contributed by atoms with Crippen molar-refractivity contribution in [2.75, 3.05) is 33.7 Å². The van der Waals surface area contributed by atoms with Crippen molar-refractivity contribution in [1.82, 2.24) is 15.1 Å². The number of hydrogen-bond donors (Lipinski definition) is 1. The Morgan fingerprint density at radius 2 is 2.45 bits per heavy atom. The average Bonchev–Trinajstić information content (AvgIpc) is 2.84. The van der Waals surface area contributed by atoms with E-state index in [1.807, 2.05) is 19.0 Å². The van der Waals surface area contributed by atoms with Gasteiger partial charge in [0.1, 0.15) is 0 Å². The van der Waals surface area contributed by atoms with Crippen LogP contribution >= 0.6 is 27.3 Å². The van der Waals surface area contributed by atoms with Crippen molar-refractivity contribution >= 4 is 33.2 Å². The maximum absolute atomic E-state index is 12.3. The normalized spacial score (nSPS) is 20.1. The zero-order valence-corrected chi connectivity index (χ0v) is 14.5. The van der Waals surface area contributed by atoms with E-state index in [0.717, 1.165) is 17.6 Å². The minimum atomic E-state index is 0.200. The zero-order chi connectivity index (χ0) is 14.5. The Morgan fingerprint density at radius 3 is 3.10 bits per heavy atom. The van der Waals surface area contributed by atoms with Crippen LogP contribution in [-0.2, 0) is 11.3 Å². The zero-order valence-electron chi connectivity index (χ0n) is 12.1. The number of carbonyl (C=O) groups excluding carboxylic acids is 1. The first-order valence-corrected chi connectivity index (χ1v) is 8.62. The van der Waals surface area contributed by atoms with E-state index in [4.69, 9.17) is 0 Å². The van der Waals surface area contributed by atoms with Crippen LogP contribution < -0.4 is 5.32 Å². The van der Waals surface area contributed by atoms with Crippen LogP contribution in [0.5, 0.6) is 0 Å². The highest BCUT2D eigenvalue weighted by Gasteiger charge is 2.21. The summed E-state index contributed by atoms with van der Waals surface area (Å²) in [4.78, 5) is 17.6. The van der Waals surface area contributed by atoms with Gasteiger partial charge in [-0.3, -0.25) is 9.69 Å². The van der Waals surface area contributed by atoms with E-state index in [1.54, 1.807) is 11.3 Å². The lowest BCUT2D eigenvalue weighted by molar-refractivity contribution is -0.131. The summed E-state index contributed by atoms with van der Waals surface area (Å²) in [5.41, 5.74) is 0. The van der Waals surface area contributed by atoms with Gasteiger partial charge in [0.2, 0.25) is 5.91 Å². The van der Waals surface area contributed by atoms with Crippen molar-refractivity contribution in [3.05, 3.63) is 20.8 Å². The van der Waals surface area contributed by atoms with Gasteiger partial charge in [0, 0.05) is 34.4 Å². The number of carbonyl (C=O) groups is 1. The van der Waals surface area contributed by atoms with Gasteiger partial charge in [-0.25, -0.2) is 0 Å². The largest absolute Gasteiger partial charge is 0.340 e. The molecule has 0 aromatic carbocycles. The molecule has 1 atom stereocenters. The Kier molecular flexibility index (Phi) is 6.01.